The number of hydrogen-bond acceptors (Lipinski definition) is 7. The van der Waals surface area contributed by atoms with E-state index in [1.54, 1.807) is 36.4 Å². The van der Waals surface area contributed by atoms with Crippen LogP contribution in [0.2, 0.25) is 10.0 Å². The number of ether oxygens (including phenoxy) is 3. The Hall–Kier alpha value is -1.95. The molecule has 1 aliphatic rings. The summed E-state index contributed by atoms with van der Waals surface area (Å²) in [7, 11) is 2.73. The second-order valence-electron chi connectivity index (χ2n) is 6.37. The molecule has 0 bridgehead atoms. The second-order valence-corrected chi connectivity index (χ2v) is 9.34. The highest BCUT2D eigenvalue weighted by molar-refractivity contribution is 14.1. The zero-order valence-corrected chi connectivity index (χ0v) is 21.3. The fourth-order valence-corrected chi connectivity index (χ4v) is 4.92. The molecule has 1 fully saturated rings. The summed E-state index contributed by atoms with van der Waals surface area (Å²) in [5, 5.41) is 0.335. The summed E-state index contributed by atoms with van der Waals surface area (Å²) in [6.45, 7) is -0.298. The number of carbonyl (C=O) groups excluding carboxylic acids is 3. The number of imide groups is 1. The first-order valence-electron chi connectivity index (χ1n) is 9.00. The van der Waals surface area contributed by atoms with E-state index in [1.807, 2.05) is 22.6 Å². The molecule has 2 aromatic rings. The van der Waals surface area contributed by atoms with Gasteiger partial charge in [0.1, 0.15) is 0 Å². The topological polar surface area (TPSA) is 82.1 Å². The van der Waals surface area contributed by atoms with E-state index in [9.17, 15) is 14.4 Å². The van der Waals surface area contributed by atoms with Gasteiger partial charge < -0.3 is 14.2 Å². The lowest BCUT2D eigenvalue weighted by atomic mass is 10.1. The van der Waals surface area contributed by atoms with Crippen LogP contribution in [0.1, 0.15) is 11.1 Å². The average molecular weight is 608 g/mol. The zero-order chi connectivity index (χ0) is 23.4. The number of carbonyl (C=O) groups is 3. The van der Waals surface area contributed by atoms with Crippen LogP contribution < -0.4 is 9.47 Å². The molecule has 168 valence electrons. The van der Waals surface area contributed by atoms with E-state index in [-0.39, 0.29) is 18.1 Å². The summed E-state index contributed by atoms with van der Waals surface area (Å²) in [6.07, 6.45) is 1.59. The van der Waals surface area contributed by atoms with Gasteiger partial charge in [0, 0.05) is 15.6 Å². The molecule has 0 unspecified atom stereocenters. The van der Waals surface area contributed by atoms with Crippen molar-refractivity contribution in [2.45, 2.75) is 6.54 Å². The van der Waals surface area contributed by atoms with Crippen LogP contribution in [-0.2, 0) is 20.9 Å². The van der Waals surface area contributed by atoms with Crippen LogP contribution in [-0.4, -0.2) is 42.8 Å². The highest BCUT2D eigenvalue weighted by Crippen LogP contribution is 2.38. The molecule has 0 radical (unpaired) electrons. The van der Waals surface area contributed by atoms with Crippen LogP contribution in [0.3, 0.4) is 0 Å². The van der Waals surface area contributed by atoms with Crippen molar-refractivity contribution in [3.8, 4) is 11.5 Å². The number of methoxy groups -OCH3 is 2. The van der Waals surface area contributed by atoms with Crippen LogP contribution in [0.4, 0.5) is 4.79 Å². The molecule has 2 amide bonds. The molecule has 7 nitrogen and oxygen atoms in total. The van der Waals surface area contributed by atoms with Gasteiger partial charge in [-0.25, -0.2) is 4.79 Å². The Balaban J connectivity index is 1.85. The van der Waals surface area contributed by atoms with E-state index in [2.05, 4.69) is 4.74 Å². The van der Waals surface area contributed by atoms with E-state index >= 15 is 0 Å². The number of rotatable bonds is 7. The van der Waals surface area contributed by atoms with Gasteiger partial charge in [0.15, 0.2) is 18.1 Å². The van der Waals surface area contributed by atoms with Crippen molar-refractivity contribution in [2.24, 2.45) is 0 Å². The normalized spacial score (nSPS) is 14.8. The van der Waals surface area contributed by atoms with Gasteiger partial charge >= 0.3 is 5.97 Å². The molecule has 11 heteroatoms. The molecule has 0 spiro atoms. The lowest BCUT2D eigenvalue weighted by Crippen LogP contribution is -2.27. The minimum Gasteiger partial charge on any atom is -0.493 e. The Kier molecular flexibility index (Phi) is 8.32. The van der Waals surface area contributed by atoms with E-state index in [0.29, 0.717) is 36.2 Å². The molecule has 1 heterocycles. The van der Waals surface area contributed by atoms with Crippen LogP contribution >= 0.6 is 57.6 Å². The Labute approximate surface area is 212 Å². The maximum absolute atomic E-state index is 12.9. The molecular weight excluding hydrogens is 592 g/mol. The van der Waals surface area contributed by atoms with Gasteiger partial charge in [0.25, 0.3) is 11.1 Å². The van der Waals surface area contributed by atoms with Crippen molar-refractivity contribution < 1.29 is 28.6 Å². The van der Waals surface area contributed by atoms with E-state index < -0.39 is 17.1 Å². The van der Waals surface area contributed by atoms with Crippen molar-refractivity contribution in [2.75, 3.05) is 20.8 Å². The van der Waals surface area contributed by atoms with Crippen molar-refractivity contribution in [1.82, 2.24) is 4.90 Å². The molecule has 0 aliphatic carbocycles. The molecule has 32 heavy (non-hydrogen) atoms. The summed E-state index contributed by atoms with van der Waals surface area (Å²) >= 11 is 15.2. The number of amides is 2. The van der Waals surface area contributed by atoms with Crippen molar-refractivity contribution >= 4 is 80.7 Å². The number of nitrogens with zero attached hydrogens (tertiary/aromatic N) is 1. The molecule has 0 saturated carbocycles. The van der Waals surface area contributed by atoms with Crippen molar-refractivity contribution in [1.29, 1.82) is 0 Å². The Morgan fingerprint density at radius 3 is 2.50 bits per heavy atom. The van der Waals surface area contributed by atoms with Crippen LogP contribution in [0.5, 0.6) is 11.5 Å². The zero-order valence-electron chi connectivity index (χ0n) is 16.8. The van der Waals surface area contributed by atoms with Crippen molar-refractivity contribution in [3.05, 3.63) is 60.0 Å². The van der Waals surface area contributed by atoms with Gasteiger partial charge in [-0.3, -0.25) is 14.5 Å². The van der Waals surface area contributed by atoms with Gasteiger partial charge in [-0.05, 0) is 70.3 Å². The maximum atomic E-state index is 12.9. The second kappa shape index (κ2) is 10.8. The van der Waals surface area contributed by atoms with Crippen LogP contribution in [0.15, 0.2) is 35.2 Å². The van der Waals surface area contributed by atoms with Gasteiger partial charge in [-0.15, -0.1) is 0 Å². The summed E-state index contributed by atoms with van der Waals surface area (Å²) in [5.41, 5.74) is 1.13. The predicted octanol–water partition coefficient (Wildman–Crippen LogP) is 5.39. The third kappa shape index (κ3) is 5.51. The largest absolute Gasteiger partial charge is 0.493 e. The summed E-state index contributed by atoms with van der Waals surface area (Å²) < 4.78 is 16.1. The molecular formula is C21H16Cl2INO6S. The summed E-state index contributed by atoms with van der Waals surface area (Å²) in [6, 6.07) is 8.38. The molecule has 0 N–H and O–H groups in total. The number of esters is 1. The van der Waals surface area contributed by atoms with Gasteiger partial charge in [-0.2, -0.15) is 0 Å². The Bertz CT molecular complexity index is 1100. The SMILES string of the molecule is COC(=O)COc1c(I)cc(/C=C2\SC(=O)N(Cc3c(Cl)cccc3Cl)C2=O)cc1OC. The summed E-state index contributed by atoms with van der Waals surface area (Å²) in [4.78, 5) is 38.1. The third-order valence-electron chi connectivity index (χ3n) is 4.36. The molecule has 3 rings (SSSR count). The fourth-order valence-electron chi connectivity index (χ4n) is 2.78. The Morgan fingerprint density at radius 1 is 1.19 bits per heavy atom. The molecule has 0 aromatic heterocycles. The average Bonchev–Trinajstić information content (AvgIpc) is 3.01. The first-order chi connectivity index (χ1) is 15.2. The molecule has 0 atom stereocenters. The van der Waals surface area contributed by atoms with E-state index in [4.69, 9.17) is 32.7 Å². The maximum Gasteiger partial charge on any atom is 0.343 e. The minimum atomic E-state index is -0.528. The monoisotopic (exact) mass is 607 g/mol. The van der Waals surface area contributed by atoms with Crippen molar-refractivity contribution in [3.63, 3.8) is 0 Å². The molecule has 2 aromatic carbocycles. The van der Waals surface area contributed by atoms with Gasteiger partial charge in [0.2, 0.25) is 0 Å². The molecule has 1 aliphatic heterocycles. The molecule has 1 saturated heterocycles. The van der Waals surface area contributed by atoms with Gasteiger partial charge in [-0.1, -0.05) is 29.3 Å². The third-order valence-corrected chi connectivity index (χ3v) is 6.78. The quantitative estimate of drug-likeness (QED) is 0.237. The summed E-state index contributed by atoms with van der Waals surface area (Å²) in [5.74, 6) is -0.235. The lowest BCUT2D eigenvalue weighted by molar-refractivity contribution is -0.143. The van der Waals surface area contributed by atoms with Gasteiger partial charge in [0.05, 0.1) is 29.2 Å². The van der Waals surface area contributed by atoms with Crippen LogP contribution in [0.25, 0.3) is 6.08 Å². The Morgan fingerprint density at radius 2 is 1.88 bits per heavy atom. The minimum absolute atomic E-state index is 0.0261. The van der Waals surface area contributed by atoms with E-state index in [1.165, 1.54) is 14.2 Å². The van der Waals surface area contributed by atoms with Crippen LogP contribution in [0, 0.1) is 3.57 Å². The first-order valence-corrected chi connectivity index (χ1v) is 11.7. The number of thioether (sulfide) groups is 1. The smallest absolute Gasteiger partial charge is 0.343 e. The standard InChI is InChI=1S/C21H16Cl2INO6S/c1-29-16-7-11(6-15(24)19(16)31-10-18(26)30-2)8-17-20(27)25(21(28)32-17)9-12-13(22)4-3-5-14(12)23/h3-8H,9-10H2,1-2H3/b17-8-. The highest BCUT2D eigenvalue weighted by Gasteiger charge is 2.35. The first kappa shape index (κ1) is 24.7. The van der Waals surface area contributed by atoms with E-state index in [0.717, 1.165) is 16.7 Å². The number of halogens is 3. The number of benzene rings is 2. The lowest BCUT2D eigenvalue weighted by Gasteiger charge is -2.15. The number of hydrogen-bond donors (Lipinski definition) is 0. The fraction of sp³-hybridized carbons (Fsp3) is 0.190. The highest BCUT2D eigenvalue weighted by atomic mass is 127. The predicted molar refractivity (Wildman–Crippen MR) is 131 cm³/mol.